The van der Waals surface area contributed by atoms with E-state index in [1.54, 1.807) is 0 Å². The molecule has 0 unspecified atom stereocenters. The van der Waals surface area contributed by atoms with Gasteiger partial charge in [0.25, 0.3) is 0 Å². The number of halogens is 1. The zero-order valence-corrected chi connectivity index (χ0v) is 11.3. The smallest absolute Gasteiger partial charge is 0.138 e. The zero-order valence-electron chi connectivity index (χ0n) is 10.6. The monoisotopic (exact) mass is 261 g/mol. The first kappa shape index (κ1) is 12.8. The average molecular weight is 262 g/mol. The number of nitrogens with zero attached hydrogens (tertiary/aromatic N) is 2. The predicted molar refractivity (Wildman–Crippen MR) is 75.5 cm³/mol. The highest BCUT2D eigenvalue weighted by atomic mass is 35.5. The summed E-state index contributed by atoms with van der Waals surface area (Å²) in [5, 5.41) is 3.86. The number of anilines is 2. The van der Waals surface area contributed by atoms with E-state index in [-0.39, 0.29) is 0 Å². The fourth-order valence-corrected chi connectivity index (χ4v) is 2.04. The zero-order chi connectivity index (χ0) is 13.0. The highest BCUT2D eigenvalue weighted by molar-refractivity contribution is 6.30. The highest BCUT2D eigenvalue weighted by Crippen LogP contribution is 2.25. The molecule has 0 saturated heterocycles. The van der Waals surface area contributed by atoms with Crippen LogP contribution in [0.1, 0.15) is 24.5 Å². The SMILES string of the molecule is CCCc1c(Cl)ncnc1Nc1ccccc1C. The van der Waals surface area contributed by atoms with E-state index in [0.29, 0.717) is 5.15 Å². The van der Waals surface area contributed by atoms with E-state index in [9.17, 15) is 0 Å². The molecule has 2 rings (SSSR count). The summed E-state index contributed by atoms with van der Waals surface area (Å²) in [6.45, 7) is 4.17. The topological polar surface area (TPSA) is 37.8 Å². The van der Waals surface area contributed by atoms with Crippen LogP contribution in [0.5, 0.6) is 0 Å². The molecule has 1 N–H and O–H groups in total. The first-order chi connectivity index (χ1) is 8.72. The Labute approximate surface area is 112 Å². The van der Waals surface area contributed by atoms with Crippen molar-refractivity contribution in [3.05, 3.63) is 46.9 Å². The Bertz CT molecular complexity index is 540. The van der Waals surface area contributed by atoms with Crippen molar-refractivity contribution in [2.45, 2.75) is 26.7 Å². The third-order valence-electron chi connectivity index (χ3n) is 2.79. The number of hydrogen-bond donors (Lipinski definition) is 1. The van der Waals surface area contributed by atoms with Crippen LogP contribution in [-0.4, -0.2) is 9.97 Å². The van der Waals surface area contributed by atoms with Gasteiger partial charge >= 0.3 is 0 Å². The van der Waals surface area contributed by atoms with Gasteiger partial charge in [-0.05, 0) is 25.0 Å². The molecule has 0 fully saturated rings. The predicted octanol–water partition coefficient (Wildman–Crippen LogP) is 4.13. The molecule has 0 aliphatic heterocycles. The Balaban J connectivity index is 2.34. The van der Waals surface area contributed by atoms with E-state index in [2.05, 4.69) is 35.2 Å². The van der Waals surface area contributed by atoms with Crippen molar-refractivity contribution in [2.75, 3.05) is 5.32 Å². The van der Waals surface area contributed by atoms with Crippen molar-refractivity contribution in [3.8, 4) is 0 Å². The minimum absolute atomic E-state index is 0.530. The molecule has 2 aromatic rings. The Morgan fingerprint density at radius 2 is 2.00 bits per heavy atom. The van der Waals surface area contributed by atoms with E-state index in [1.807, 2.05) is 18.2 Å². The number of hydrogen-bond acceptors (Lipinski definition) is 3. The standard InChI is InChI=1S/C14H16ClN3/c1-3-6-11-13(15)16-9-17-14(11)18-12-8-5-4-7-10(12)2/h4-5,7-9H,3,6H2,1-2H3,(H,16,17,18). The van der Waals surface area contributed by atoms with Gasteiger partial charge < -0.3 is 5.32 Å². The van der Waals surface area contributed by atoms with Gasteiger partial charge in [-0.25, -0.2) is 9.97 Å². The lowest BCUT2D eigenvalue weighted by molar-refractivity contribution is 0.904. The fraction of sp³-hybridized carbons (Fsp3) is 0.286. The number of aryl methyl sites for hydroxylation is 1. The summed E-state index contributed by atoms with van der Waals surface area (Å²) in [4.78, 5) is 8.32. The summed E-state index contributed by atoms with van der Waals surface area (Å²) in [7, 11) is 0. The van der Waals surface area contributed by atoms with Crippen LogP contribution in [0.25, 0.3) is 0 Å². The molecule has 0 spiro atoms. The summed E-state index contributed by atoms with van der Waals surface area (Å²) in [6, 6.07) is 8.10. The lowest BCUT2D eigenvalue weighted by Crippen LogP contribution is -2.02. The highest BCUT2D eigenvalue weighted by Gasteiger charge is 2.09. The fourth-order valence-electron chi connectivity index (χ4n) is 1.81. The minimum Gasteiger partial charge on any atom is -0.340 e. The summed E-state index contributed by atoms with van der Waals surface area (Å²) in [6.07, 6.45) is 3.37. The molecule has 1 heterocycles. The third-order valence-corrected chi connectivity index (χ3v) is 3.12. The summed E-state index contributed by atoms with van der Waals surface area (Å²) in [5.41, 5.74) is 3.20. The second kappa shape index (κ2) is 5.83. The van der Waals surface area contributed by atoms with Crippen LogP contribution >= 0.6 is 11.6 Å². The molecule has 0 aliphatic rings. The largest absolute Gasteiger partial charge is 0.340 e. The van der Waals surface area contributed by atoms with E-state index >= 15 is 0 Å². The third kappa shape index (κ3) is 2.79. The summed E-state index contributed by atoms with van der Waals surface area (Å²) < 4.78 is 0. The first-order valence-electron chi connectivity index (χ1n) is 6.04. The Morgan fingerprint density at radius 3 is 2.72 bits per heavy atom. The lowest BCUT2D eigenvalue weighted by atomic mass is 10.1. The van der Waals surface area contributed by atoms with Gasteiger partial charge in [0, 0.05) is 11.3 Å². The van der Waals surface area contributed by atoms with Gasteiger partial charge in [-0.15, -0.1) is 0 Å². The van der Waals surface area contributed by atoms with E-state index in [4.69, 9.17) is 11.6 Å². The molecular formula is C14H16ClN3. The van der Waals surface area contributed by atoms with Gasteiger partial charge in [0.2, 0.25) is 0 Å². The van der Waals surface area contributed by atoms with Gasteiger partial charge in [0.05, 0.1) is 0 Å². The van der Waals surface area contributed by atoms with Crippen LogP contribution in [0, 0.1) is 6.92 Å². The van der Waals surface area contributed by atoms with E-state index in [1.165, 1.54) is 11.9 Å². The van der Waals surface area contributed by atoms with Crippen LogP contribution in [-0.2, 0) is 6.42 Å². The summed E-state index contributed by atoms with van der Waals surface area (Å²) >= 11 is 6.12. The van der Waals surface area contributed by atoms with E-state index in [0.717, 1.165) is 29.9 Å². The van der Waals surface area contributed by atoms with Crippen molar-refractivity contribution in [3.63, 3.8) is 0 Å². The Morgan fingerprint density at radius 1 is 1.22 bits per heavy atom. The molecular weight excluding hydrogens is 246 g/mol. The number of nitrogens with one attached hydrogen (secondary N) is 1. The molecule has 0 amide bonds. The maximum atomic E-state index is 6.12. The molecule has 0 bridgehead atoms. The second-order valence-electron chi connectivity index (χ2n) is 4.18. The minimum atomic E-state index is 0.530. The van der Waals surface area contributed by atoms with Gasteiger partial charge in [-0.1, -0.05) is 43.1 Å². The average Bonchev–Trinajstić information content (AvgIpc) is 2.36. The molecule has 1 aromatic carbocycles. The second-order valence-corrected chi connectivity index (χ2v) is 4.54. The summed E-state index contributed by atoms with van der Waals surface area (Å²) in [5.74, 6) is 0.797. The van der Waals surface area contributed by atoms with Crippen LogP contribution in [0.2, 0.25) is 5.15 Å². The van der Waals surface area contributed by atoms with Crippen molar-refractivity contribution in [1.82, 2.24) is 9.97 Å². The van der Waals surface area contributed by atoms with Crippen molar-refractivity contribution < 1.29 is 0 Å². The van der Waals surface area contributed by atoms with Crippen LogP contribution in [0.4, 0.5) is 11.5 Å². The molecule has 0 radical (unpaired) electrons. The maximum Gasteiger partial charge on any atom is 0.138 e. The Kier molecular flexibility index (Phi) is 4.15. The number of para-hydroxylation sites is 1. The van der Waals surface area contributed by atoms with Crippen molar-refractivity contribution >= 4 is 23.1 Å². The van der Waals surface area contributed by atoms with Crippen LogP contribution in [0.15, 0.2) is 30.6 Å². The van der Waals surface area contributed by atoms with Gasteiger partial charge in [-0.3, -0.25) is 0 Å². The van der Waals surface area contributed by atoms with Gasteiger partial charge in [0.15, 0.2) is 0 Å². The molecule has 18 heavy (non-hydrogen) atoms. The van der Waals surface area contributed by atoms with Crippen molar-refractivity contribution in [1.29, 1.82) is 0 Å². The van der Waals surface area contributed by atoms with Crippen LogP contribution < -0.4 is 5.32 Å². The number of rotatable bonds is 4. The molecule has 0 saturated carbocycles. The van der Waals surface area contributed by atoms with Gasteiger partial charge in [0.1, 0.15) is 17.3 Å². The molecule has 94 valence electrons. The first-order valence-corrected chi connectivity index (χ1v) is 6.42. The number of aromatic nitrogens is 2. The molecule has 4 heteroatoms. The van der Waals surface area contributed by atoms with E-state index < -0.39 is 0 Å². The lowest BCUT2D eigenvalue weighted by Gasteiger charge is -2.12. The number of benzene rings is 1. The Hall–Kier alpha value is -1.61. The molecule has 0 atom stereocenters. The quantitative estimate of drug-likeness (QED) is 0.841. The van der Waals surface area contributed by atoms with Crippen molar-refractivity contribution in [2.24, 2.45) is 0 Å². The maximum absolute atomic E-state index is 6.12. The van der Waals surface area contributed by atoms with Gasteiger partial charge in [-0.2, -0.15) is 0 Å². The molecule has 1 aromatic heterocycles. The molecule has 3 nitrogen and oxygen atoms in total. The van der Waals surface area contributed by atoms with Crippen LogP contribution in [0.3, 0.4) is 0 Å². The molecule has 0 aliphatic carbocycles. The normalized spacial score (nSPS) is 10.4.